The summed E-state index contributed by atoms with van der Waals surface area (Å²) in [5.74, 6) is -1.46. The van der Waals surface area contributed by atoms with Gasteiger partial charge in [-0.25, -0.2) is 8.42 Å². The molecule has 0 fully saturated rings. The molecule has 0 aromatic heterocycles. The number of aliphatic hydroxyl groups excluding tert-OH is 1. The Kier molecular flexibility index (Phi) is 4.69. The number of carboxylic acids is 1. The van der Waals surface area contributed by atoms with Crippen LogP contribution in [0.5, 0.6) is 0 Å². The maximum absolute atomic E-state index is 11.9. The van der Waals surface area contributed by atoms with E-state index in [4.69, 9.17) is 21.8 Å². The fourth-order valence-corrected chi connectivity index (χ4v) is 2.97. The van der Waals surface area contributed by atoms with Crippen LogP contribution in [0.15, 0.2) is 23.1 Å². The zero-order valence-electron chi connectivity index (χ0n) is 9.42. The van der Waals surface area contributed by atoms with Gasteiger partial charge in [0.2, 0.25) is 10.0 Å². The Labute approximate surface area is 109 Å². The van der Waals surface area contributed by atoms with Crippen LogP contribution in [-0.2, 0) is 14.8 Å². The Bertz CT molecular complexity index is 557. The van der Waals surface area contributed by atoms with Crippen molar-refractivity contribution in [2.24, 2.45) is 0 Å². The van der Waals surface area contributed by atoms with E-state index >= 15 is 0 Å². The van der Waals surface area contributed by atoms with E-state index in [0.29, 0.717) is 5.56 Å². The zero-order valence-corrected chi connectivity index (χ0v) is 11.0. The zero-order chi connectivity index (χ0) is 13.9. The predicted molar refractivity (Wildman–Crippen MR) is 65.0 cm³/mol. The highest BCUT2D eigenvalue weighted by atomic mass is 35.5. The van der Waals surface area contributed by atoms with Crippen LogP contribution in [0.25, 0.3) is 0 Å². The summed E-state index contributed by atoms with van der Waals surface area (Å²) in [5.41, 5.74) is 0.425. The summed E-state index contributed by atoms with van der Waals surface area (Å²) < 4.78 is 25.8. The van der Waals surface area contributed by atoms with Gasteiger partial charge in [-0.15, -0.1) is 0 Å². The number of aliphatic hydroxyl groups is 1. The molecule has 8 heteroatoms. The number of sulfonamides is 1. The molecule has 0 heterocycles. The van der Waals surface area contributed by atoms with Crippen molar-refractivity contribution < 1.29 is 23.4 Å². The number of aliphatic carboxylic acids is 1. The molecule has 0 unspecified atom stereocenters. The quantitative estimate of drug-likeness (QED) is 0.728. The van der Waals surface area contributed by atoms with Crippen molar-refractivity contribution in [3.05, 3.63) is 28.8 Å². The fourth-order valence-electron chi connectivity index (χ4n) is 1.28. The molecule has 1 aromatic carbocycles. The van der Waals surface area contributed by atoms with Crippen molar-refractivity contribution in [2.45, 2.75) is 17.9 Å². The predicted octanol–water partition coefficient (Wildman–Crippen LogP) is 0.372. The topological polar surface area (TPSA) is 104 Å². The van der Waals surface area contributed by atoms with Crippen LogP contribution in [0.3, 0.4) is 0 Å². The number of carbonyl (C=O) groups is 1. The maximum atomic E-state index is 11.9. The van der Waals surface area contributed by atoms with E-state index in [9.17, 15) is 13.2 Å². The van der Waals surface area contributed by atoms with Crippen molar-refractivity contribution in [1.29, 1.82) is 0 Å². The van der Waals surface area contributed by atoms with Crippen molar-refractivity contribution >= 4 is 27.6 Å². The van der Waals surface area contributed by atoms with Crippen LogP contribution < -0.4 is 4.72 Å². The molecule has 100 valence electrons. The number of halogens is 1. The lowest BCUT2D eigenvalue weighted by atomic mass is 10.2. The highest BCUT2D eigenvalue weighted by Crippen LogP contribution is 2.20. The number of nitrogens with one attached hydrogen (secondary N) is 1. The van der Waals surface area contributed by atoms with Gasteiger partial charge in [-0.1, -0.05) is 17.7 Å². The van der Waals surface area contributed by atoms with E-state index < -0.39 is 28.6 Å². The monoisotopic (exact) mass is 293 g/mol. The second kappa shape index (κ2) is 5.66. The van der Waals surface area contributed by atoms with Gasteiger partial charge in [-0.2, -0.15) is 4.72 Å². The minimum absolute atomic E-state index is 0.116. The summed E-state index contributed by atoms with van der Waals surface area (Å²) in [4.78, 5) is 10.6. The fraction of sp³-hybridized carbons (Fsp3) is 0.300. The van der Waals surface area contributed by atoms with E-state index in [2.05, 4.69) is 0 Å². The SMILES string of the molecule is Cc1ccc(Cl)cc1S(=O)(=O)N[C@H](CO)C(=O)O. The number of hydrogen-bond donors (Lipinski definition) is 3. The Morgan fingerprint density at radius 3 is 2.61 bits per heavy atom. The van der Waals surface area contributed by atoms with Crippen LogP contribution in [-0.4, -0.2) is 37.2 Å². The molecule has 0 saturated carbocycles. The third kappa shape index (κ3) is 3.42. The summed E-state index contributed by atoms with van der Waals surface area (Å²) in [6.45, 7) is 0.716. The number of hydrogen-bond acceptors (Lipinski definition) is 4. The number of rotatable bonds is 5. The molecular weight excluding hydrogens is 282 g/mol. The molecule has 0 amide bonds. The summed E-state index contributed by atoms with van der Waals surface area (Å²) in [7, 11) is -4.05. The summed E-state index contributed by atoms with van der Waals surface area (Å²) in [6.07, 6.45) is 0. The van der Waals surface area contributed by atoms with Gasteiger partial charge >= 0.3 is 5.97 Å². The van der Waals surface area contributed by atoms with Gasteiger partial charge in [0.25, 0.3) is 0 Å². The molecule has 0 bridgehead atoms. The van der Waals surface area contributed by atoms with Crippen LogP contribution in [0.4, 0.5) is 0 Å². The van der Waals surface area contributed by atoms with Crippen LogP contribution in [0.2, 0.25) is 5.02 Å². The molecule has 6 nitrogen and oxygen atoms in total. The highest BCUT2D eigenvalue weighted by Gasteiger charge is 2.25. The molecule has 0 saturated heterocycles. The molecule has 1 aromatic rings. The third-order valence-electron chi connectivity index (χ3n) is 2.22. The van der Waals surface area contributed by atoms with E-state index in [-0.39, 0.29) is 9.92 Å². The van der Waals surface area contributed by atoms with Gasteiger partial charge in [-0.3, -0.25) is 4.79 Å². The van der Waals surface area contributed by atoms with Gasteiger partial charge in [0, 0.05) is 5.02 Å². The molecule has 1 rings (SSSR count). The first-order chi connectivity index (χ1) is 8.27. The van der Waals surface area contributed by atoms with Gasteiger partial charge in [0.15, 0.2) is 0 Å². The minimum atomic E-state index is -4.05. The second-order valence-corrected chi connectivity index (χ2v) is 5.72. The molecule has 0 aliphatic rings. The number of aryl methyl sites for hydroxylation is 1. The summed E-state index contributed by atoms with van der Waals surface area (Å²) >= 11 is 5.70. The van der Waals surface area contributed by atoms with Crippen molar-refractivity contribution in [3.63, 3.8) is 0 Å². The molecule has 0 aliphatic heterocycles. The lowest BCUT2D eigenvalue weighted by Crippen LogP contribution is -2.43. The average Bonchev–Trinajstić information content (AvgIpc) is 2.28. The first kappa shape index (κ1) is 14.9. The lowest BCUT2D eigenvalue weighted by Gasteiger charge is -2.13. The second-order valence-electron chi connectivity index (χ2n) is 3.60. The van der Waals surface area contributed by atoms with Gasteiger partial charge < -0.3 is 10.2 Å². The molecule has 0 spiro atoms. The molecular formula is C10H12ClNO5S. The van der Waals surface area contributed by atoms with Crippen LogP contribution >= 0.6 is 11.6 Å². The van der Waals surface area contributed by atoms with Gasteiger partial charge in [-0.05, 0) is 24.6 Å². The van der Waals surface area contributed by atoms with Crippen LogP contribution in [0, 0.1) is 6.92 Å². The molecule has 0 radical (unpaired) electrons. The maximum Gasteiger partial charge on any atom is 0.324 e. The van der Waals surface area contributed by atoms with Gasteiger partial charge in [0.1, 0.15) is 6.04 Å². The largest absolute Gasteiger partial charge is 0.480 e. The van der Waals surface area contributed by atoms with Gasteiger partial charge in [0.05, 0.1) is 11.5 Å². The van der Waals surface area contributed by atoms with E-state index in [0.717, 1.165) is 0 Å². The van der Waals surface area contributed by atoms with Crippen molar-refractivity contribution in [1.82, 2.24) is 4.72 Å². The molecule has 3 N–H and O–H groups in total. The normalized spacial score (nSPS) is 13.3. The number of carboxylic acid groups (broad SMARTS) is 1. The summed E-state index contributed by atoms with van der Waals surface area (Å²) in [6, 6.07) is 2.66. The molecule has 1 atom stereocenters. The first-order valence-corrected chi connectivity index (χ1v) is 6.76. The Morgan fingerprint density at radius 1 is 1.50 bits per heavy atom. The number of benzene rings is 1. The summed E-state index contributed by atoms with van der Waals surface area (Å²) in [5, 5.41) is 17.7. The first-order valence-electron chi connectivity index (χ1n) is 4.90. The van der Waals surface area contributed by atoms with E-state index in [1.54, 1.807) is 6.92 Å². The minimum Gasteiger partial charge on any atom is -0.480 e. The Hall–Kier alpha value is -1.15. The Morgan fingerprint density at radius 2 is 2.11 bits per heavy atom. The third-order valence-corrected chi connectivity index (χ3v) is 4.07. The molecule has 0 aliphatic carbocycles. The Balaban J connectivity index is 3.14. The lowest BCUT2D eigenvalue weighted by molar-refractivity contribution is -0.139. The van der Waals surface area contributed by atoms with Crippen molar-refractivity contribution in [3.8, 4) is 0 Å². The standard InChI is InChI=1S/C10H12ClNO5S/c1-6-2-3-7(11)4-9(6)18(16,17)12-8(5-13)10(14)15/h2-4,8,12-13H,5H2,1H3,(H,14,15)/t8-/m1/s1. The smallest absolute Gasteiger partial charge is 0.324 e. The van der Waals surface area contributed by atoms with E-state index in [1.807, 2.05) is 4.72 Å². The molecule has 18 heavy (non-hydrogen) atoms. The van der Waals surface area contributed by atoms with Crippen molar-refractivity contribution in [2.75, 3.05) is 6.61 Å². The average molecular weight is 294 g/mol. The highest BCUT2D eigenvalue weighted by molar-refractivity contribution is 7.89. The van der Waals surface area contributed by atoms with E-state index in [1.165, 1.54) is 18.2 Å². The van der Waals surface area contributed by atoms with Crippen LogP contribution in [0.1, 0.15) is 5.56 Å².